The predicted octanol–water partition coefficient (Wildman–Crippen LogP) is 3.11. The molecule has 0 saturated carbocycles. The van der Waals surface area contributed by atoms with Gasteiger partial charge >= 0.3 is 6.03 Å². The summed E-state index contributed by atoms with van der Waals surface area (Å²) in [7, 11) is 1.65. The second-order valence-corrected chi connectivity index (χ2v) is 5.37. The Labute approximate surface area is 136 Å². The molecule has 0 spiro atoms. The van der Waals surface area contributed by atoms with Crippen LogP contribution in [-0.4, -0.2) is 35.7 Å². The average molecular weight is 314 g/mol. The van der Waals surface area contributed by atoms with Crippen molar-refractivity contribution in [1.82, 2.24) is 4.90 Å². The fourth-order valence-electron chi connectivity index (χ4n) is 1.91. The molecule has 2 aromatic rings. The van der Waals surface area contributed by atoms with Crippen LogP contribution in [0.15, 0.2) is 54.6 Å². The number of urea groups is 1. The van der Waals surface area contributed by atoms with E-state index in [2.05, 4.69) is 5.32 Å². The number of benzene rings is 2. The largest absolute Gasteiger partial charge is 0.489 e. The number of carbonyl (C=O) groups is 1. The maximum atomic E-state index is 12.0. The van der Waals surface area contributed by atoms with Crippen LogP contribution < -0.4 is 10.1 Å². The van der Waals surface area contributed by atoms with E-state index >= 15 is 0 Å². The summed E-state index contributed by atoms with van der Waals surface area (Å²) in [5.41, 5.74) is 1.78. The first kappa shape index (κ1) is 16.8. The van der Waals surface area contributed by atoms with Crippen LogP contribution in [0.25, 0.3) is 0 Å². The van der Waals surface area contributed by atoms with Gasteiger partial charge in [-0.05, 0) is 36.8 Å². The quantitative estimate of drug-likeness (QED) is 0.861. The molecule has 2 rings (SSSR count). The summed E-state index contributed by atoms with van der Waals surface area (Å²) in [5.74, 6) is 0.740. The van der Waals surface area contributed by atoms with Crippen molar-refractivity contribution in [2.75, 3.05) is 19.0 Å². The molecule has 1 unspecified atom stereocenters. The highest BCUT2D eigenvalue weighted by Crippen LogP contribution is 2.17. The van der Waals surface area contributed by atoms with E-state index < -0.39 is 0 Å². The Bertz CT molecular complexity index is 614. The monoisotopic (exact) mass is 314 g/mol. The van der Waals surface area contributed by atoms with E-state index in [-0.39, 0.29) is 18.7 Å². The molecule has 0 bridgehead atoms. The van der Waals surface area contributed by atoms with E-state index in [0.717, 1.165) is 11.3 Å². The van der Waals surface area contributed by atoms with Crippen molar-refractivity contribution in [2.45, 2.75) is 19.6 Å². The van der Waals surface area contributed by atoms with Gasteiger partial charge in [0.05, 0.1) is 12.6 Å². The number of rotatable bonds is 6. The fraction of sp³-hybridized carbons (Fsp3) is 0.278. The Morgan fingerprint density at radius 1 is 1.17 bits per heavy atom. The molecule has 0 aliphatic rings. The van der Waals surface area contributed by atoms with Crippen LogP contribution >= 0.6 is 0 Å². The first-order valence-corrected chi connectivity index (χ1v) is 7.51. The average Bonchev–Trinajstić information content (AvgIpc) is 2.60. The molecule has 23 heavy (non-hydrogen) atoms. The van der Waals surface area contributed by atoms with E-state index in [1.807, 2.05) is 42.5 Å². The third-order valence-electron chi connectivity index (χ3n) is 3.60. The Kier molecular flexibility index (Phi) is 6.00. The minimum absolute atomic E-state index is 0.0732. The normalized spacial score (nSPS) is 11.6. The molecule has 5 heteroatoms. The first-order valence-electron chi connectivity index (χ1n) is 7.51. The van der Waals surface area contributed by atoms with E-state index in [1.165, 1.54) is 4.90 Å². The lowest BCUT2D eigenvalue weighted by atomic mass is 10.2. The highest BCUT2D eigenvalue weighted by Gasteiger charge is 2.14. The minimum Gasteiger partial charge on any atom is -0.489 e. The van der Waals surface area contributed by atoms with Crippen LogP contribution in [0.4, 0.5) is 10.5 Å². The maximum Gasteiger partial charge on any atom is 0.321 e. The molecule has 0 aromatic heterocycles. The zero-order valence-corrected chi connectivity index (χ0v) is 13.4. The van der Waals surface area contributed by atoms with E-state index in [4.69, 9.17) is 9.84 Å². The lowest BCUT2D eigenvalue weighted by molar-refractivity contribution is 0.166. The second-order valence-electron chi connectivity index (χ2n) is 5.37. The number of nitrogens with one attached hydrogen (secondary N) is 1. The van der Waals surface area contributed by atoms with Gasteiger partial charge in [-0.25, -0.2) is 4.79 Å². The number of likely N-dealkylation sites (N-methyl/N-ethyl adjacent to an activating group) is 1. The molecule has 1 atom stereocenters. The molecule has 2 aromatic carbocycles. The Hall–Kier alpha value is -2.53. The highest BCUT2D eigenvalue weighted by atomic mass is 16.5. The molecule has 2 amide bonds. The van der Waals surface area contributed by atoms with Gasteiger partial charge in [0.25, 0.3) is 0 Å². The van der Waals surface area contributed by atoms with Gasteiger partial charge in [0.1, 0.15) is 12.4 Å². The number of amides is 2. The van der Waals surface area contributed by atoms with Crippen molar-refractivity contribution >= 4 is 11.7 Å². The molecule has 0 saturated heterocycles. The first-order chi connectivity index (χ1) is 11.1. The summed E-state index contributed by atoms with van der Waals surface area (Å²) in [6.45, 7) is 2.21. The second kappa shape index (κ2) is 8.19. The molecule has 0 radical (unpaired) electrons. The van der Waals surface area contributed by atoms with Crippen molar-refractivity contribution < 1.29 is 14.6 Å². The van der Waals surface area contributed by atoms with Gasteiger partial charge in [-0.3, -0.25) is 0 Å². The number of nitrogens with zero attached hydrogens (tertiary/aromatic N) is 1. The molecular weight excluding hydrogens is 292 g/mol. The van der Waals surface area contributed by atoms with E-state index in [0.29, 0.717) is 12.3 Å². The van der Waals surface area contributed by atoms with Crippen molar-refractivity contribution in [3.63, 3.8) is 0 Å². The zero-order valence-electron chi connectivity index (χ0n) is 13.4. The Balaban J connectivity index is 1.88. The molecule has 122 valence electrons. The zero-order chi connectivity index (χ0) is 16.7. The van der Waals surface area contributed by atoms with E-state index in [9.17, 15) is 4.79 Å². The number of carbonyl (C=O) groups excluding carboxylic acids is 1. The number of aliphatic hydroxyl groups excluding tert-OH is 1. The van der Waals surface area contributed by atoms with E-state index in [1.54, 1.807) is 26.1 Å². The van der Waals surface area contributed by atoms with Gasteiger partial charge < -0.3 is 20.1 Å². The fourth-order valence-corrected chi connectivity index (χ4v) is 1.91. The lowest BCUT2D eigenvalue weighted by Crippen LogP contribution is -2.40. The van der Waals surface area contributed by atoms with Gasteiger partial charge in [0.2, 0.25) is 0 Å². The molecule has 0 heterocycles. The van der Waals surface area contributed by atoms with Crippen LogP contribution in [-0.2, 0) is 6.61 Å². The summed E-state index contributed by atoms with van der Waals surface area (Å²) in [6.07, 6.45) is 0. The standard InChI is InChI=1S/C18H22N2O3/c1-14(12-21)20(2)18(22)19-16-8-10-17(11-9-16)23-13-15-6-4-3-5-7-15/h3-11,14,21H,12-13H2,1-2H3,(H,19,22). The number of hydrogen-bond acceptors (Lipinski definition) is 3. The molecule has 5 nitrogen and oxygen atoms in total. The van der Waals surface area contributed by atoms with Gasteiger partial charge in [0, 0.05) is 12.7 Å². The lowest BCUT2D eigenvalue weighted by Gasteiger charge is -2.23. The van der Waals surface area contributed by atoms with Crippen molar-refractivity contribution in [3.8, 4) is 5.75 Å². The smallest absolute Gasteiger partial charge is 0.321 e. The Morgan fingerprint density at radius 3 is 2.43 bits per heavy atom. The summed E-state index contributed by atoms with van der Waals surface area (Å²) in [6, 6.07) is 16.6. The Morgan fingerprint density at radius 2 is 1.83 bits per heavy atom. The third kappa shape index (κ3) is 5.00. The van der Waals surface area contributed by atoms with Crippen molar-refractivity contribution in [1.29, 1.82) is 0 Å². The molecular formula is C18H22N2O3. The van der Waals surface area contributed by atoms with Gasteiger partial charge in [-0.15, -0.1) is 0 Å². The van der Waals surface area contributed by atoms with Crippen molar-refractivity contribution in [2.24, 2.45) is 0 Å². The van der Waals surface area contributed by atoms with Gasteiger partial charge in [-0.1, -0.05) is 30.3 Å². The third-order valence-corrected chi connectivity index (χ3v) is 3.60. The van der Waals surface area contributed by atoms with Crippen LogP contribution in [0.1, 0.15) is 12.5 Å². The van der Waals surface area contributed by atoms with Gasteiger partial charge in [-0.2, -0.15) is 0 Å². The van der Waals surface area contributed by atoms with Crippen molar-refractivity contribution in [3.05, 3.63) is 60.2 Å². The number of ether oxygens (including phenoxy) is 1. The predicted molar refractivity (Wildman–Crippen MR) is 90.5 cm³/mol. The summed E-state index contributed by atoms with van der Waals surface area (Å²) in [5, 5.41) is 11.8. The summed E-state index contributed by atoms with van der Waals surface area (Å²) >= 11 is 0. The van der Waals surface area contributed by atoms with Crippen LogP contribution in [0.2, 0.25) is 0 Å². The highest BCUT2D eigenvalue weighted by molar-refractivity contribution is 5.89. The molecule has 0 aliphatic heterocycles. The van der Waals surface area contributed by atoms with Gasteiger partial charge in [0.15, 0.2) is 0 Å². The number of hydrogen-bond donors (Lipinski definition) is 2. The molecule has 0 aliphatic carbocycles. The molecule has 2 N–H and O–H groups in total. The SMILES string of the molecule is CC(CO)N(C)C(=O)Nc1ccc(OCc2ccccc2)cc1. The summed E-state index contributed by atoms with van der Waals surface area (Å²) < 4.78 is 5.70. The number of aliphatic hydroxyl groups is 1. The number of anilines is 1. The van der Waals surface area contributed by atoms with Crippen LogP contribution in [0, 0.1) is 0 Å². The van der Waals surface area contributed by atoms with Crippen LogP contribution in [0.3, 0.4) is 0 Å². The molecule has 0 fully saturated rings. The van der Waals surface area contributed by atoms with Crippen LogP contribution in [0.5, 0.6) is 5.75 Å². The topological polar surface area (TPSA) is 61.8 Å². The summed E-state index contributed by atoms with van der Waals surface area (Å²) in [4.78, 5) is 13.4. The minimum atomic E-state index is -0.260. The maximum absolute atomic E-state index is 12.0.